The van der Waals surface area contributed by atoms with Gasteiger partial charge < -0.3 is 9.67 Å². The highest BCUT2D eigenvalue weighted by Crippen LogP contribution is 2.24. The van der Waals surface area contributed by atoms with E-state index in [1.165, 1.54) is 6.07 Å². The zero-order valence-corrected chi connectivity index (χ0v) is 10.1. The Morgan fingerprint density at radius 1 is 1.44 bits per heavy atom. The minimum atomic E-state index is -0.372. The SMILES string of the molecule is Cn1c(CO)nnc1-c1cc(Br)ccc1F. The maximum Gasteiger partial charge on any atom is 0.166 e. The molecule has 0 fully saturated rings. The van der Waals surface area contributed by atoms with Crippen LogP contribution in [0.5, 0.6) is 0 Å². The van der Waals surface area contributed by atoms with Crippen molar-refractivity contribution in [3.05, 3.63) is 34.3 Å². The van der Waals surface area contributed by atoms with Crippen molar-refractivity contribution in [2.45, 2.75) is 6.61 Å². The Labute approximate surface area is 99.9 Å². The first-order chi connectivity index (χ1) is 7.63. The van der Waals surface area contributed by atoms with Crippen molar-refractivity contribution in [2.75, 3.05) is 0 Å². The summed E-state index contributed by atoms with van der Waals surface area (Å²) in [6, 6.07) is 4.59. The summed E-state index contributed by atoms with van der Waals surface area (Å²) in [4.78, 5) is 0. The van der Waals surface area contributed by atoms with E-state index < -0.39 is 0 Å². The first-order valence-corrected chi connectivity index (χ1v) is 5.37. The van der Waals surface area contributed by atoms with Crippen LogP contribution in [0.3, 0.4) is 0 Å². The lowest BCUT2D eigenvalue weighted by atomic mass is 10.2. The van der Waals surface area contributed by atoms with Crippen LogP contribution in [0.2, 0.25) is 0 Å². The fraction of sp³-hybridized carbons (Fsp3) is 0.200. The van der Waals surface area contributed by atoms with Crippen LogP contribution in [0, 0.1) is 5.82 Å². The van der Waals surface area contributed by atoms with Gasteiger partial charge in [0.05, 0.1) is 5.56 Å². The van der Waals surface area contributed by atoms with E-state index in [1.54, 1.807) is 23.7 Å². The average molecular weight is 286 g/mol. The fourth-order valence-electron chi connectivity index (χ4n) is 1.40. The molecule has 2 aromatic rings. The summed E-state index contributed by atoms with van der Waals surface area (Å²) in [6.45, 7) is -0.223. The van der Waals surface area contributed by atoms with E-state index in [0.717, 1.165) is 4.47 Å². The fourth-order valence-corrected chi connectivity index (χ4v) is 1.76. The Balaban J connectivity index is 2.58. The maximum absolute atomic E-state index is 13.6. The summed E-state index contributed by atoms with van der Waals surface area (Å²) in [6.07, 6.45) is 0. The molecule has 1 heterocycles. The van der Waals surface area contributed by atoms with Gasteiger partial charge in [-0.25, -0.2) is 4.39 Å². The number of benzene rings is 1. The van der Waals surface area contributed by atoms with Gasteiger partial charge in [-0.2, -0.15) is 0 Å². The van der Waals surface area contributed by atoms with Gasteiger partial charge in [-0.3, -0.25) is 0 Å². The molecule has 0 aliphatic heterocycles. The molecule has 0 aliphatic carbocycles. The van der Waals surface area contributed by atoms with Crippen molar-refractivity contribution in [1.29, 1.82) is 0 Å². The van der Waals surface area contributed by atoms with Gasteiger partial charge in [-0.1, -0.05) is 15.9 Å². The van der Waals surface area contributed by atoms with Crippen LogP contribution >= 0.6 is 15.9 Å². The first-order valence-electron chi connectivity index (χ1n) is 4.58. The zero-order valence-electron chi connectivity index (χ0n) is 8.48. The van der Waals surface area contributed by atoms with Crippen molar-refractivity contribution in [3.8, 4) is 11.4 Å². The monoisotopic (exact) mass is 285 g/mol. The lowest BCUT2D eigenvalue weighted by Crippen LogP contribution is -2.00. The quantitative estimate of drug-likeness (QED) is 0.917. The molecule has 0 unspecified atom stereocenters. The molecule has 0 radical (unpaired) electrons. The standard InChI is InChI=1S/C10H9BrFN3O/c1-15-9(5-16)13-14-10(15)7-4-6(11)2-3-8(7)12/h2-4,16H,5H2,1H3. The highest BCUT2D eigenvalue weighted by atomic mass is 79.9. The maximum atomic E-state index is 13.6. The van der Waals surface area contributed by atoms with Gasteiger partial charge >= 0.3 is 0 Å². The molecule has 2 rings (SSSR count). The second kappa shape index (κ2) is 4.31. The number of rotatable bonds is 2. The Morgan fingerprint density at radius 2 is 2.19 bits per heavy atom. The van der Waals surface area contributed by atoms with Gasteiger partial charge in [0, 0.05) is 11.5 Å². The topological polar surface area (TPSA) is 50.9 Å². The lowest BCUT2D eigenvalue weighted by Gasteiger charge is -2.04. The van der Waals surface area contributed by atoms with Gasteiger partial charge in [0.15, 0.2) is 11.6 Å². The van der Waals surface area contributed by atoms with E-state index in [9.17, 15) is 4.39 Å². The van der Waals surface area contributed by atoms with Crippen molar-refractivity contribution in [3.63, 3.8) is 0 Å². The molecule has 84 valence electrons. The molecule has 0 spiro atoms. The zero-order chi connectivity index (χ0) is 11.7. The minimum absolute atomic E-state index is 0.223. The van der Waals surface area contributed by atoms with E-state index in [4.69, 9.17) is 5.11 Å². The Kier molecular flexibility index (Phi) is 3.02. The van der Waals surface area contributed by atoms with Gasteiger partial charge in [-0.05, 0) is 18.2 Å². The molecule has 0 atom stereocenters. The Bertz CT molecular complexity index is 527. The summed E-state index contributed by atoms with van der Waals surface area (Å²) in [5.41, 5.74) is 0.351. The molecular weight excluding hydrogens is 277 g/mol. The third kappa shape index (κ3) is 1.85. The van der Waals surface area contributed by atoms with E-state index >= 15 is 0 Å². The molecule has 1 aromatic heterocycles. The van der Waals surface area contributed by atoms with Crippen LogP contribution in [-0.2, 0) is 13.7 Å². The van der Waals surface area contributed by atoms with Crippen molar-refractivity contribution in [2.24, 2.45) is 7.05 Å². The van der Waals surface area contributed by atoms with Gasteiger partial charge in [0.25, 0.3) is 0 Å². The summed E-state index contributed by atoms with van der Waals surface area (Å²) in [5.74, 6) is 0.417. The third-order valence-electron chi connectivity index (χ3n) is 2.28. The Hall–Kier alpha value is -1.27. The summed E-state index contributed by atoms with van der Waals surface area (Å²) < 4.78 is 15.9. The number of halogens is 2. The smallest absolute Gasteiger partial charge is 0.166 e. The van der Waals surface area contributed by atoms with Crippen molar-refractivity contribution < 1.29 is 9.50 Å². The Morgan fingerprint density at radius 3 is 2.81 bits per heavy atom. The highest BCUT2D eigenvalue weighted by Gasteiger charge is 2.14. The summed E-state index contributed by atoms with van der Waals surface area (Å²) >= 11 is 3.27. The number of hydrogen-bond donors (Lipinski definition) is 1. The molecule has 6 heteroatoms. The third-order valence-corrected chi connectivity index (χ3v) is 2.77. The second-order valence-electron chi connectivity index (χ2n) is 3.28. The number of aromatic nitrogens is 3. The molecule has 0 bridgehead atoms. The molecule has 0 amide bonds. The van der Waals surface area contributed by atoms with Crippen LogP contribution in [-0.4, -0.2) is 19.9 Å². The molecule has 1 N–H and O–H groups in total. The molecule has 4 nitrogen and oxygen atoms in total. The number of aliphatic hydroxyl groups is 1. The van der Waals surface area contributed by atoms with Crippen molar-refractivity contribution >= 4 is 15.9 Å². The van der Waals surface area contributed by atoms with Gasteiger partial charge in [0.1, 0.15) is 12.4 Å². The summed E-state index contributed by atoms with van der Waals surface area (Å²) in [5, 5.41) is 16.6. The van der Waals surface area contributed by atoms with E-state index in [-0.39, 0.29) is 12.4 Å². The van der Waals surface area contributed by atoms with Gasteiger partial charge in [-0.15, -0.1) is 10.2 Å². The number of nitrogens with zero attached hydrogens (tertiary/aromatic N) is 3. The number of hydrogen-bond acceptors (Lipinski definition) is 3. The van der Waals surface area contributed by atoms with E-state index in [2.05, 4.69) is 26.1 Å². The summed E-state index contributed by atoms with van der Waals surface area (Å²) in [7, 11) is 1.68. The average Bonchev–Trinajstić information content (AvgIpc) is 2.63. The minimum Gasteiger partial charge on any atom is -0.388 e. The molecule has 0 saturated heterocycles. The van der Waals surface area contributed by atoms with Crippen LogP contribution in [0.15, 0.2) is 22.7 Å². The normalized spacial score (nSPS) is 10.8. The molecule has 0 saturated carbocycles. The van der Waals surface area contributed by atoms with E-state index in [1.807, 2.05) is 0 Å². The lowest BCUT2D eigenvalue weighted by molar-refractivity contribution is 0.267. The first kappa shape index (κ1) is 11.2. The predicted molar refractivity (Wildman–Crippen MR) is 60.0 cm³/mol. The highest BCUT2D eigenvalue weighted by molar-refractivity contribution is 9.10. The molecule has 1 aromatic carbocycles. The van der Waals surface area contributed by atoms with Crippen LogP contribution < -0.4 is 0 Å². The van der Waals surface area contributed by atoms with E-state index in [0.29, 0.717) is 17.2 Å². The second-order valence-corrected chi connectivity index (χ2v) is 4.20. The molecule has 0 aliphatic rings. The van der Waals surface area contributed by atoms with Crippen LogP contribution in [0.25, 0.3) is 11.4 Å². The van der Waals surface area contributed by atoms with Crippen LogP contribution in [0.1, 0.15) is 5.82 Å². The van der Waals surface area contributed by atoms with Crippen molar-refractivity contribution in [1.82, 2.24) is 14.8 Å². The predicted octanol–water partition coefficient (Wildman–Crippen LogP) is 1.88. The van der Waals surface area contributed by atoms with Crippen LogP contribution in [0.4, 0.5) is 4.39 Å². The molecule has 16 heavy (non-hydrogen) atoms. The van der Waals surface area contributed by atoms with Gasteiger partial charge in [0.2, 0.25) is 0 Å². The largest absolute Gasteiger partial charge is 0.388 e. The number of aliphatic hydroxyl groups excluding tert-OH is 1. The molecular formula is C10H9BrFN3O.